The van der Waals surface area contributed by atoms with Gasteiger partial charge in [0.1, 0.15) is 0 Å². The maximum atomic E-state index is 7.61. The minimum Gasteiger partial charge on any atom is -0.399 e. The normalized spacial score (nSPS) is 12.5. The quantitative estimate of drug-likeness (QED) is 0.540. The van der Waals surface area contributed by atoms with E-state index >= 15 is 0 Å². The van der Waals surface area contributed by atoms with Crippen molar-refractivity contribution in [2.75, 3.05) is 5.73 Å². The molecule has 0 aliphatic carbocycles. The van der Waals surface area contributed by atoms with Crippen LogP contribution < -0.4 is 5.73 Å². The maximum Gasteiger partial charge on any atom is 0.0314 e. The molecule has 0 saturated carbocycles. The number of rotatable bonds is 3. The summed E-state index contributed by atoms with van der Waals surface area (Å²) in [4.78, 5) is 0. The molecular formula is C11H16N2. The lowest BCUT2D eigenvalue weighted by Gasteiger charge is -2.13. The van der Waals surface area contributed by atoms with Crippen molar-refractivity contribution in [3.8, 4) is 0 Å². The molecule has 0 spiro atoms. The van der Waals surface area contributed by atoms with Gasteiger partial charge in [-0.25, -0.2) is 0 Å². The van der Waals surface area contributed by atoms with Crippen LogP contribution in [0.15, 0.2) is 24.3 Å². The lowest BCUT2D eigenvalue weighted by Crippen LogP contribution is -2.06. The van der Waals surface area contributed by atoms with Gasteiger partial charge < -0.3 is 11.1 Å². The van der Waals surface area contributed by atoms with Crippen molar-refractivity contribution in [2.24, 2.45) is 0 Å². The molecule has 0 heterocycles. The van der Waals surface area contributed by atoms with Crippen LogP contribution in [0.25, 0.3) is 0 Å². The van der Waals surface area contributed by atoms with E-state index < -0.39 is 0 Å². The van der Waals surface area contributed by atoms with Gasteiger partial charge >= 0.3 is 0 Å². The van der Waals surface area contributed by atoms with Gasteiger partial charge in [0.15, 0.2) is 0 Å². The highest BCUT2D eigenvalue weighted by molar-refractivity contribution is 5.85. The zero-order chi connectivity index (χ0) is 9.84. The summed E-state index contributed by atoms with van der Waals surface area (Å²) >= 11 is 0. The van der Waals surface area contributed by atoms with Crippen LogP contribution >= 0.6 is 0 Å². The van der Waals surface area contributed by atoms with Crippen LogP contribution in [0.4, 0.5) is 5.69 Å². The van der Waals surface area contributed by atoms with Crippen molar-refractivity contribution in [3.63, 3.8) is 0 Å². The monoisotopic (exact) mass is 176 g/mol. The predicted molar refractivity (Wildman–Crippen MR) is 57.3 cm³/mol. The van der Waals surface area contributed by atoms with Gasteiger partial charge in [0, 0.05) is 17.3 Å². The van der Waals surface area contributed by atoms with E-state index in [0.29, 0.717) is 5.71 Å². The van der Waals surface area contributed by atoms with E-state index in [4.69, 9.17) is 11.1 Å². The molecule has 0 aromatic heterocycles. The zero-order valence-corrected chi connectivity index (χ0v) is 8.17. The van der Waals surface area contributed by atoms with E-state index in [9.17, 15) is 0 Å². The minimum absolute atomic E-state index is 0.251. The molecule has 13 heavy (non-hydrogen) atoms. The summed E-state index contributed by atoms with van der Waals surface area (Å²) in [6.45, 7) is 3.95. The number of anilines is 1. The Morgan fingerprint density at radius 1 is 1.38 bits per heavy atom. The molecule has 1 unspecified atom stereocenters. The smallest absolute Gasteiger partial charge is 0.0314 e. The Morgan fingerprint density at radius 2 is 1.92 bits per heavy atom. The second-order valence-electron chi connectivity index (χ2n) is 3.31. The average Bonchev–Trinajstić information content (AvgIpc) is 2.09. The number of hydrogen-bond donors (Lipinski definition) is 2. The molecule has 1 atom stereocenters. The fourth-order valence-electron chi connectivity index (χ4n) is 1.52. The highest BCUT2D eigenvalue weighted by atomic mass is 14.5. The van der Waals surface area contributed by atoms with E-state index in [1.54, 1.807) is 0 Å². The topological polar surface area (TPSA) is 49.9 Å². The zero-order valence-electron chi connectivity index (χ0n) is 8.17. The van der Waals surface area contributed by atoms with Crippen LogP contribution in [0, 0.1) is 5.41 Å². The van der Waals surface area contributed by atoms with Gasteiger partial charge in [0.2, 0.25) is 0 Å². The molecule has 0 amide bonds. The Morgan fingerprint density at radius 3 is 2.31 bits per heavy atom. The lowest BCUT2D eigenvalue weighted by molar-refractivity contribution is 0.835. The van der Waals surface area contributed by atoms with Gasteiger partial charge in [-0.1, -0.05) is 19.1 Å². The van der Waals surface area contributed by atoms with Gasteiger partial charge in [-0.2, -0.15) is 0 Å². The molecule has 0 aliphatic rings. The molecule has 1 aromatic carbocycles. The van der Waals surface area contributed by atoms with Gasteiger partial charge in [-0.3, -0.25) is 0 Å². The highest BCUT2D eigenvalue weighted by Gasteiger charge is 2.10. The Bertz CT molecular complexity index is 287. The average molecular weight is 176 g/mol. The molecule has 0 fully saturated rings. The summed E-state index contributed by atoms with van der Waals surface area (Å²) in [5, 5.41) is 7.61. The number of hydrogen-bond acceptors (Lipinski definition) is 2. The molecule has 0 radical (unpaired) electrons. The summed E-state index contributed by atoms with van der Waals surface area (Å²) in [5.41, 5.74) is 8.27. The van der Waals surface area contributed by atoms with Gasteiger partial charge in [0.05, 0.1) is 0 Å². The second kappa shape index (κ2) is 4.08. The van der Waals surface area contributed by atoms with Crippen LogP contribution in [0.5, 0.6) is 0 Å². The van der Waals surface area contributed by atoms with Crippen molar-refractivity contribution >= 4 is 11.4 Å². The Labute approximate surface area is 79.3 Å². The molecule has 2 nitrogen and oxygen atoms in total. The van der Waals surface area contributed by atoms with Crippen LogP contribution in [-0.2, 0) is 0 Å². The second-order valence-corrected chi connectivity index (χ2v) is 3.31. The van der Waals surface area contributed by atoms with E-state index in [0.717, 1.165) is 12.1 Å². The predicted octanol–water partition coefficient (Wildman–Crippen LogP) is 2.80. The molecule has 3 N–H and O–H groups in total. The summed E-state index contributed by atoms with van der Waals surface area (Å²) in [5.74, 6) is 0.251. The van der Waals surface area contributed by atoms with E-state index in [1.165, 1.54) is 5.56 Å². The van der Waals surface area contributed by atoms with Crippen LogP contribution in [0.3, 0.4) is 0 Å². The van der Waals surface area contributed by atoms with E-state index in [2.05, 4.69) is 6.92 Å². The molecule has 1 rings (SSSR count). The van der Waals surface area contributed by atoms with Crippen LogP contribution in [0.1, 0.15) is 31.7 Å². The van der Waals surface area contributed by atoms with E-state index in [1.807, 2.05) is 31.2 Å². The SMILES string of the molecule is CCC(C(C)=N)c1ccc(N)cc1. The third-order valence-electron chi connectivity index (χ3n) is 2.27. The maximum absolute atomic E-state index is 7.61. The number of nitrogen functional groups attached to an aromatic ring is 1. The summed E-state index contributed by atoms with van der Waals surface area (Å²) in [6.07, 6.45) is 0.971. The molecule has 0 aliphatic heterocycles. The Kier molecular flexibility index (Phi) is 3.07. The highest BCUT2D eigenvalue weighted by Crippen LogP contribution is 2.21. The molecule has 0 bridgehead atoms. The number of nitrogens with two attached hydrogens (primary N) is 1. The molecule has 1 aromatic rings. The fraction of sp³-hybridized carbons (Fsp3) is 0.364. The summed E-state index contributed by atoms with van der Waals surface area (Å²) < 4.78 is 0. The molecule has 0 saturated heterocycles. The molecule has 2 heteroatoms. The summed E-state index contributed by atoms with van der Waals surface area (Å²) in [7, 11) is 0. The third-order valence-corrected chi connectivity index (χ3v) is 2.27. The van der Waals surface area contributed by atoms with Gasteiger partial charge in [-0.05, 0) is 31.0 Å². The Hall–Kier alpha value is -1.31. The van der Waals surface area contributed by atoms with Crippen LogP contribution in [0.2, 0.25) is 0 Å². The molecule has 70 valence electrons. The minimum atomic E-state index is 0.251. The Balaban J connectivity index is 2.92. The van der Waals surface area contributed by atoms with Crippen LogP contribution in [-0.4, -0.2) is 5.71 Å². The third kappa shape index (κ3) is 2.31. The van der Waals surface area contributed by atoms with Crippen molar-refractivity contribution in [2.45, 2.75) is 26.2 Å². The van der Waals surface area contributed by atoms with E-state index in [-0.39, 0.29) is 5.92 Å². The van der Waals surface area contributed by atoms with Crippen molar-refractivity contribution in [1.82, 2.24) is 0 Å². The fourth-order valence-corrected chi connectivity index (χ4v) is 1.52. The van der Waals surface area contributed by atoms with Gasteiger partial charge in [-0.15, -0.1) is 0 Å². The standard InChI is InChI=1S/C11H16N2/c1-3-11(8(2)12)9-4-6-10(13)7-5-9/h4-7,11-12H,3,13H2,1-2H3. The first-order chi connectivity index (χ1) is 6.15. The largest absolute Gasteiger partial charge is 0.399 e. The van der Waals surface area contributed by atoms with Crippen molar-refractivity contribution in [3.05, 3.63) is 29.8 Å². The summed E-state index contributed by atoms with van der Waals surface area (Å²) in [6, 6.07) is 7.78. The first-order valence-electron chi connectivity index (χ1n) is 4.55. The lowest BCUT2D eigenvalue weighted by atomic mass is 9.92. The first kappa shape index (κ1) is 9.78. The van der Waals surface area contributed by atoms with Crippen molar-refractivity contribution < 1.29 is 0 Å². The van der Waals surface area contributed by atoms with Crippen molar-refractivity contribution in [1.29, 1.82) is 5.41 Å². The number of nitrogens with one attached hydrogen (secondary N) is 1. The number of benzene rings is 1. The van der Waals surface area contributed by atoms with Gasteiger partial charge in [0.25, 0.3) is 0 Å². The first-order valence-corrected chi connectivity index (χ1v) is 4.55. The molecular weight excluding hydrogens is 160 g/mol.